The molecule has 0 bridgehead atoms. The lowest BCUT2D eigenvalue weighted by atomic mass is 10.1. The number of benzene rings is 2. The van der Waals surface area contributed by atoms with E-state index in [0.717, 1.165) is 23.8 Å². The van der Waals surface area contributed by atoms with Gasteiger partial charge in [0.05, 0.1) is 21.5 Å². The second kappa shape index (κ2) is 8.03. The van der Waals surface area contributed by atoms with Gasteiger partial charge in [0.25, 0.3) is 11.4 Å². The molecule has 1 heterocycles. The van der Waals surface area contributed by atoms with E-state index in [1.165, 1.54) is 24.3 Å². The zero-order valence-electron chi connectivity index (χ0n) is 15.1. The maximum atomic E-state index is 12.6. The zero-order chi connectivity index (χ0) is 21.2. The zero-order valence-corrected chi connectivity index (χ0v) is 15.1. The maximum absolute atomic E-state index is 12.6. The van der Waals surface area contributed by atoms with Crippen molar-refractivity contribution in [3.05, 3.63) is 73.8 Å². The molecule has 0 amide bonds. The van der Waals surface area contributed by atoms with Gasteiger partial charge in [0.15, 0.2) is 0 Å². The molecule has 0 N–H and O–H groups in total. The number of anilines is 1. The Labute approximate surface area is 163 Å². The summed E-state index contributed by atoms with van der Waals surface area (Å²) >= 11 is 0. The topological polar surface area (TPSA) is 92.8 Å². The highest BCUT2D eigenvalue weighted by Crippen LogP contribution is 2.33. The van der Waals surface area contributed by atoms with Crippen molar-refractivity contribution in [2.45, 2.75) is 12.7 Å². The molecule has 0 saturated carbocycles. The molecule has 11 heteroatoms. The number of hydrogen-bond acceptors (Lipinski definition) is 6. The first-order valence-electron chi connectivity index (χ1n) is 8.71. The van der Waals surface area contributed by atoms with Crippen molar-refractivity contribution in [2.24, 2.45) is 0 Å². The first-order chi connectivity index (χ1) is 13.6. The Bertz CT molecular complexity index is 910. The van der Waals surface area contributed by atoms with Crippen LogP contribution in [0.3, 0.4) is 0 Å². The van der Waals surface area contributed by atoms with Gasteiger partial charge in [0, 0.05) is 38.8 Å². The van der Waals surface area contributed by atoms with Crippen molar-refractivity contribution in [3.63, 3.8) is 0 Å². The lowest BCUT2D eigenvalue weighted by molar-refractivity contribution is -0.393. The molecule has 0 aromatic heterocycles. The molecule has 1 saturated heterocycles. The summed E-state index contributed by atoms with van der Waals surface area (Å²) < 4.78 is 37.9. The summed E-state index contributed by atoms with van der Waals surface area (Å²) in [6, 6.07) is 8.53. The van der Waals surface area contributed by atoms with E-state index in [2.05, 4.69) is 0 Å². The third kappa shape index (κ3) is 4.80. The van der Waals surface area contributed by atoms with Gasteiger partial charge in [-0.15, -0.1) is 0 Å². The number of nitrogens with zero attached hydrogens (tertiary/aromatic N) is 4. The summed E-state index contributed by atoms with van der Waals surface area (Å²) in [4.78, 5) is 24.7. The molecular weight excluding hydrogens is 393 g/mol. The second-order valence-electron chi connectivity index (χ2n) is 6.65. The summed E-state index contributed by atoms with van der Waals surface area (Å²) in [5.74, 6) is 0. The smallest absolute Gasteiger partial charge is 0.363 e. The van der Waals surface area contributed by atoms with Crippen LogP contribution in [0.5, 0.6) is 0 Å². The summed E-state index contributed by atoms with van der Waals surface area (Å²) in [5, 5.41) is 22.2. The molecule has 0 atom stereocenters. The number of non-ortho nitro benzene ring substituents is 1. The molecule has 0 radical (unpaired) electrons. The molecule has 154 valence electrons. The minimum Gasteiger partial charge on any atom is -0.363 e. The van der Waals surface area contributed by atoms with Crippen molar-refractivity contribution in [2.75, 3.05) is 31.1 Å². The molecular formula is C18H17F3N4O4. The quantitative estimate of drug-likeness (QED) is 0.549. The highest BCUT2D eigenvalue weighted by molar-refractivity contribution is 5.67. The standard InChI is InChI=1S/C18H17F3N4O4/c19-18(20,21)14-3-1-13(2-4-14)12-22-7-9-23(10-8-22)16-6-5-15(24(26)27)11-17(16)25(28)29/h1-6,11H,7-10,12H2. The Morgan fingerprint density at radius 3 is 2.03 bits per heavy atom. The molecule has 0 unspecified atom stereocenters. The largest absolute Gasteiger partial charge is 0.416 e. The SMILES string of the molecule is O=[N+]([O-])c1ccc(N2CCN(Cc3ccc(C(F)(F)F)cc3)CC2)c([N+](=O)[O-])c1. The molecule has 29 heavy (non-hydrogen) atoms. The fourth-order valence-corrected chi connectivity index (χ4v) is 3.24. The van der Waals surface area contributed by atoms with E-state index in [1.807, 2.05) is 4.90 Å². The minimum atomic E-state index is -4.37. The molecule has 8 nitrogen and oxygen atoms in total. The number of halogens is 3. The molecule has 2 aromatic rings. The number of nitro benzene ring substituents is 2. The van der Waals surface area contributed by atoms with Gasteiger partial charge in [-0.3, -0.25) is 25.1 Å². The third-order valence-electron chi connectivity index (χ3n) is 4.77. The van der Waals surface area contributed by atoms with Crippen molar-refractivity contribution >= 4 is 17.1 Å². The van der Waals surface area contributed by atoms with Crippen LogP contribution in [-0.4, -0.2) is 40.9 Å². The van der Waals surface area contributed by atoms with Gasteiger partial charge < -0.3 is 4.90 Å². The average molecular weight is 410 g/mol. The normalized spacial score (nSPS) is 15.3. The molecule has 1 fully saturated rings. The Kier molecular flexibility index (Phi) is 5.69. The van der Waals surface area contributed by atoms with Gasteiger partial charge in [-0.25, -0.2) is 0 Å². The van der Waals surface area contributed by atoms with Gasteiger partial charge in [-0.1, -0.05) is 12.1 Å². The van der Waals surface area contributed by atoms with Crippen LogP contribution >= 0.6 is 0 Å². The van der Waals surface area contributed by atoms with Gasteiger partial charge in [0.1, 0.15) is 5.69 Å². The first kappa shape index (κ1) is 20.5. The summed E-state index contributed by atoms with van der Waals surface area (Å²) in [6.07, 6.45) is -4.37. The second-order valence-corrected chi connectivity index (χ2v) is 6.65. The van der Waals surface area contributed by atoms with E-state index in [0.29, 0.717) is 38.4 Å². The van der Waals surface area contributed by atoms with E-state index in [1.54, 1.807) is 4.90 Å². The van der Waals surface area contributed by atoms with E-state index >= 15 is 0 Å². The summed E-state index contributed by atoms with van der Waals surface area (Å²) in [7, 11) is 0. The van der Waals surface area contributed by atoms with Crippen LogP contribution in [-0.2, 0) is 12.7 Å². The van der Waals surface area contributed by atoms with Gasteiger partial charge in [0.2, 0.25) is 0 Å². The highest BCUT2D eigenvalue weighted by Gasteiger charge is 2.30. The predicted octanol–water partition coefficient (Wildman–Crippen LogP) is 3.84. The summed E-state index contributed by atoms with van der Waals surface area (Å²) in [6.45, 7) is 2.48. The van der Waals surface area contributed by atoms with Crippen molar-refractivity contribution in [3.8, 4) is 0 Å². The Hall–Kier alpha value is -3.21. The van der Waals surface area contributed by atoms with Crippen LogP contribution in [0.4, 0.5) is 30.2 Å². The van der Waals surface area contributed by atoms with Crippen molar-refractivity contribution < 1.29 is 23.0 Å². The number of rotatable bonds is 5. The van der Waals surface area contributed by atoms with Crippen molar-refractivity contribution in [1.82, 2.24) is 4.90 Å². The lowest BCUT2D eigenvalue weighted by Gasteiger charge is -2.35. The van der Waals surface area contributed by atoms with Crippen LogP contribution < -0.4 is 4.90 Å². The first-order valence-corrected chi connectivity index (χ1v) is 8.71. The fourth-order valence-electron chi connectivity index (χ4n) is 3.24. The van der Waals surface area contributed by atoms with Crippen molar-refractivity contribution in [1.29, 1.82) is 0 Å². The van der Waals surface area contributed by atoms with Crippen LogP contribution in [0.1, 0.15) is 11.1 Å². The maximum Gasteiger partial charge on any atom is 0.416 e. The molecule has 1 aliphatic heterocycles. The fraction of sp³-hybridized carbons (Fsp3) is 0.333. The molecule has 0 spiro atoms. The number of alkyl halides is 3. The Morgan fingerprint density at radius 2 is 1.52 bits per heavy atom. The Morgan fingerprint density at radius 1 is 0.897 bits per heavy atom. The third-order valence-corrected chi connectivity index (χ3v) is 4.77. The van der Waals surface area contributed by atoms with Gasteiger partial charge >= 0.3 is 6.18 Å². The molecule has 2 aromatic carbocycles. The minimum absolute atomic E-state index is 0.315. The highest BCUT2D eigenvalue weighted by atomic mass is 19.4. The van der Waals surface area contributed by atoms with Gasteiger partial charge in [-0.2, -0.15) is 13.2 Å². The van der Waals surface area contributed by atoms with E-state index < -0.39 is 21.6 Å². The molecule has 3 rings (SSSR count). The molecule has 0 aliphatic carbocycles. The van der Waals surface area contributed by atoms with Crippen LogP contribution in [0.25, 0.3) is 0 Å². The van der Waals surface area contributed by atoms with E-state index in [4.69, 9.17) is 0 Å². The lowest BCUT2D eigenvalue weighted by Crippen LogP contribution is -2.46. The number of hydrogen-bond donors (Lipinski definition) is 0. The van der Waals surface area contributed by atoms with Crippen LogP contribution in [0.15, 0.2) is 42.5 Å². The Balaban J connectivity index is 1.65. The number of piperazine rings is 1. The van der Waals surface area contributed by atoms with Gasteiger partial charge in [-0.05, 0) is 23.8 Å². The van der Waals surface area contributed by atoms with E-state index in [9.17, 15) is 33.4 Å². The average Bonchev–Trinajstić information content (AvgIpc) is 2.68. The number of nitro groups is 2. The monoisotopic (exact) mass is 410 g/mol. The van der Waals surface area contributed by atoms with E-state index in [-0.39, 0.29) is 11.4 Å². The molecule has 1 aliphatic rings. The summed E-state index contributed by atoms with van der Waals surface area (Å²) in [5.41, 5.74) is -0.309. The van der Waals surface area contributed by atoms with Crippen LogP contribution in [0, 0.1) is 20.2 Å². The predicted molar refractivity (Wildman–Crippen MR) is 98.7 cm³/mol. The van der Waals surface area contributed by atoms with Crippen LogP contribution in [0.2, 0.25) is 0 Å².